The molecule has 0 bridgehead atoms. The number of rotatable bonds is 5. The summed E-state index contributed by atoms with van der Waals surface area (Å²) in [6, 6.07) is 3.51. The van der Waals surface area contributed by atoms with Crippen LogP contribution in [0.3, 0.4) is 0 Å². The molecule has 1 aliphatic rings. The molecule has 1 aromatic rings. The molecule has 4 nitrogen and oxygen atoms in total. The molecule has 2 N–H and O–H groups in total. The van der Waals surface area contributed by atoms with Crippen molar-refractivity contribution in [2.24, 2.45) is 0 Å². The van der Waals surface area contributed by atoms with E-state index in [1.165, 1.54) is 6.07 Å². The number of aliphatic hydroxyl groups excluding tert-OH is 1. The van der Waals surface area contributed by atoms with Gasteiger partial charge in [0.1, 0.15) is 11.6 Å². The van der Waals surface area contributed by atoms with Gasteiger partial charge >= 0.3 is 0 Å². The number of nitrogens with one attached hydrogen (secondary N) is 1. The summed E-state index contributed by atoms with van der Waals surface area (Å²) in [5.41, 5.74) is -0.309. The number of hydrogen-bond donors (Lipinski definition) is 2. The van der Waals surface area contributed by atoms with Crippen molar-refractivity contribution in [2.45, 2.75) is 12.2 Å². The quantitative estimate of drug-likeness (QED) is 0.840. The maximum atomic E-state index is 13.4. The van der Waals surface area contributed by atoms with Crippen LogP contribution in [0.5, 0.6) is 0 Å². The first-order valence-electron chi connectivity index (χ1n) is 6.20. The minimum absolute atomic E-state index is 0.0533. The van der Waals surface area contributed by atoms with E-state index in [-0.39, 0.29) is 18.2 Å². The normalized spacial score (nSPS) is 21.3. The second-order valence-corrected chi connectivity index (χ2v) is 4.38. The van der Waals surface area contributed by atoms with Crippen molar-refractivity contribution in [1.82, 2.24) is 5.32 Å². The fourth-order valence-electron chi connectivity index (χ4n) is 1.97. The molecular formula is C13H17F2NO3. The third-order valence-corrected chi connectivity index (χ3v) is 2.93. The van der Waals surface area contributed by atoms with Gasteiger partial charge in [-0.25, -0.2) is 8.78 Å². The lowest BCUT2D eigenvalue weighted by Crippen LogP contribution is -2.38. The number of halogens is 2. The van der Waals surface area contributed by atoms with Gasteiger partial charge in [0.15, 0.2) is 0 Å². The monoisotopic (exact) mass is 273 g/mol. The Morgan fingerprint density at radius 2 is 2.05 bits per heavy atom. The second-order valence-electron chi connectivity index (χ2n) is 4.38. The van der Waals surface area contributed by atoms with Gasteiger partial charge in [-0.3, -0.25) is 0 Å². The van der Waals surface area contributed by atoms with Gasteiger partial charge in [-0.15, -0.1) is 0 Å². The number of benzene rings is 1. The molecule has 0 aromatic heterocycles. The van der Waals surface area contributed by atoms with E-state index in [0.29, 0.717) is 26.4 Å². The first-order chi connectivity index (χ1) is 9.18. The summed E-state index contributed by atoms with van der Waals surface area (Å²) in [4.78, 5) is 0. The highest BCUT2D eigenvalue weighted by molar-refractivity contribution is 5.22. The van der Waals surface area contributed by atoms with Crippen molar-refractivity contribution in [3.05, 3.63) is 35.4 Å². The van der Waals surface area contributed by atoms with E-state index in [9.17, 15) is 13.9 Å². The highest BCUT2D eigenvalue weighted by atomic mass is 19.1. The topological polar surface area (TPSA) is 50.7 Å². The molecule has 2 atom stereocenters. The maximum Gasteiger partial charge on any atom is 0.131 e. The molecule has 0 radical (unpaired) electrons. The molecule has 1 saturated heterocycles. The van der Waals surface area contributed by atoms with Gasteiger partial charge in [0.25, 0.3) is 0 Å². The average molecular weight is 273 g/mol. The van der Waals surface area contributed by atoms with Crippen LogP contribution < -0.4 is 5.32 Å². The zero-order valence-electron chi connectivity index (χ0n) is 10.4. The Labute approximate surface area is 110 Å². The first-order valence-corrected chi connectivity index (χ1v) is 6.20. The van der Waals surface area contributed by atoms with Crippen LogP contribution in [0.25, 0.3) is 0 Å². The molecule has 2 rings (SSSR count). The summed E-state index contributed by atoms with van der Waals surface area (Å²) in [5, 5.41) is 12.7. The summed E-state index contributed by atoms with van der Waals surface area (Å²) < 4.78 is 37.4. The van der Waals surface area contributed by atoms with Crippen molar-refractivity contribution in [1.29, 1.82) is 0 Å². The van der Waals surface area contributed by atoms with Gasteiger partial charge in [-0.2, -0.15) is 0 Å². The molecule has 1 aliphatic heterocycles. The lowest BCUT2D eigenvalue weighted by Gasteiger charge is -2.23. The molecule has 0 saturated carbocycles. The van der Waals surface area contributed by atoms with Crippen molar-refractivity contribution >= 4 is 0 Å². The van der Waals surface area contributed by atoms with Crippen LogP contribution in [0, 0.1) is 11.6 Å². The predicted molar refractivity (Wildman–Crippen MR) is 64.7 cm³/mol. The number of aliphatic hydroxyl groups is 1. The second kappa shape index (κ2) is 6.91. The maximum absolute atomic E-state index is 13.4. The smallest absolute Gasteiger partial charge is 0.131 e. The van der Waals surface area contributed by atoms with Gasteiger partial charge in [-0.05, 0) is 12.1 Å². The van der Waals surface area contributed by atoms with Crippen LogP contribution in [0.4, 0.5) is 8.78 Å². The zero-order valence-corrected chi connectivity index (χ0v) is 10.4. The average Bonchev–Trinajstić information content (AvgIpc) is 2.40. The molecule has 1 aromatic carbocycles. The van der Waals surface area contributed by atoms with E-state index >= 15 is 0 Å². The van der Waals surface area contributed by atoms with Crippen LogP contribution >= 0.6 is 0 Å². The molecule has 0 spiro atoms. The van der Waals surface area contributed by atoms with Gasteiger partial charge in [-0.1, -0.05) is 6.07 Å². The van der Waals surface area contributed by atoms with Crippen molar-refractivity contribution < 1.29 is 23.4 Å². The molecule has 2 unspecified atom stereocenters. The molecule has 6 heteroatoms. The van der Waals surface area contributed by atoms with Gasteiger partial charge < -0.3 is 19.9 Å². The molecule has 0 amide bonds. The molecule has 1 heterocycles. The summed E-state index contributed by atoms with van der Waals surface area (Å²) in [7, 11) is 0. The highest BCUT2D eigenvalue weighted by Gasteiger charge is 2.19. The minimum atomic E-state index is -1.23. The lowest BCUT2D eigenvalue weighted by molar-refractivity contribution is -0.0868. The van der Waals surface area contributed by atoms with E-state index < -0.39 is 17.7 Å². The molecule has 106 valence electrons. The van der Waals surface area contributed by atoms with E-state index in [1.54, 1.807) is 0 Å². The Balaban J connectivity index is 1.82. The summed E-state index contributed by atoms with van der Waals surface area (Å²) in [6.45, 7) is 2.12. The van der Waals surface area contributed by atoms with Crippen molar-refractivity contribution in [3.8, 4) is 0 Å². The largest absolute Gasteiger partial charge is 0.387 e. The summed E-state index contributed by atoms with van der Waals surface area (Å²) in [6.07, 6.45) is -1.32. The molecular weight excluding hydrogens is 256 g/mol. The Hall–Kier alpha value is -1.08. The molecule has 19 heavy (non-hydrogen) atoms. The van der Waals surface area contributed by atoms with Crippen LogP contribution in [0.15, 0.2) is 18.2 Å². The third kappa shape index (κ3) is 3.94. The number of ether oxygens (including phenoxy) is 2. The van der Waals surface area contributed by atoms with E-state index in [1.807, 2.05) is 0 Å². The van der Waals surface area contributed by atoms with E-state index in [4.69, 9.17) is 9.47 Å². The zero-order chi connectivity index (χ0) is 13.7. The van der Waals surface area contributed by atoms with Crippen molar-refractivity contribution in [3.63, 3.8) is 0 Å². The van der Waals surface area contributed by atoms with E-state index in [0.717, 1.165) is 12.1 Å². The Bertz CT molecular complexity index is 391. The van der Waals surface area contributed by atoms with Gasteiger partial charge in [0.2, 0.25) is 0 Å². The van der Waals surface area contributed by atoms with Gasteiger partial charge in [0.05, 0.1) is 37.6 Å². The highest BCUT2D eigenvalue weighted by Crippen LogP contribution is 2.19. The lowest BCUT2D eigenvalue weighted by atomic mass is 10.1. The Morgan fingerprint density at radius 1 is 1.32 bits per heavy atom. The fourth-order valence-corrected chi connectivity index (χ4v) is 1.97. The van der Waals surface area contributed by atoms with Crippen molar-refractivity contribution in [2.75, 3.05) is 32.9 Å². The SMILES string of the molecule is OC(CNCC1COCCO1)c1c(F)cccc1F. The summed E-state index contributed by atoms with van der Waals surface area (Å²) in [5.74, 6) is -1.49. The molecule has 1 fully saturated rings. The number of hydrogen-bond acceptors (Lipinski definition) is 4. The fraction of sp³-hybridized carbons (Fsp3) is 0.538. The van der Waals surface area contributed by atoms with Crippen LogP contribution in [-0.2, 0) is 9.47 Å². The van der Waals surface area contributed by atoms with Crippen LogP contribution in [0.2, 0.25) is 0 Å². The standard InChI is InChI=1S/C13H17F2NO3/c14-10-2-1-3-11(15)13(10)12(17)7-16-6-9-8-18-4-5-19-9/h1-3,9,12,16-17H,4-8H2. The molecule has 0 aliphatic carbocycles. The first kappa shape index (κ1) is 14.3. The van der Waals surface area contributed by atoms with Crippen LogP contribution in [-0.4, -0.2) is 44.1 Å². The van der Waals surface area contributed by atoms with Gasteiger partial charge in [0, 0.05) is 13.1 Å². The predicted octanol–water partition coefficient (Wildman–Crippen LogP) is 1.00. The van der Waals surface area contributed by atoms with E-state index in [2.05, 4.69) is 5.32 Å². The summed E-state index contributed by atoms with van der Waals surface area (Å²) >= 11 is 0. The third-order valence-electron chi connectivity index (χ3n) is 2.93. The Kier molecular flexibility index (Phi) is 5.21. The Morgan fingerprint density at radius 3 is 2.68 bits per heavy atom. The minimum Gasteiger partial charge on any atom is -0.387 e. The van der Waals surface area contributed by atoms with Crippen LogP contribution in [0.1, 0.15) is 11.7 Å².